The molecule has 0 aromatic carbocycles. The van der Waals surface area contributed by atoms with Crippen LogP contribution in [-0.4, -0.2) is 16.7 Å². The minimum atomic E-state index is -0.771. The Morgan fingerprint density at radius 2 is 1.90 bits per heavy atom. The van der Waals surface area contributed by atoms with Gasteiger partial charge in [-0.05, 0) is 13.8 Å². The molecule has 0 aliphatic carbocycles. The molecule has 0 spiro atoms. The van der Waals surface area contributed by atoms with Crippen LogP contribution in [0.4, 0.5) is 0 Å². The molecule has 0 aliphatic heterocycles. The maximum absolute atomic E-state index is 10.4. The van der Waals surface area contributed by atoms with Crippen molar-refractivity contribution in [3.05, 3.63) is 11.3 Å². The monoisotopic (exact) mass is 142 g/mol. The zero-order valence-electron chi connectivity index (χ0n) is 5.93. The van der Waals surface area contributed by atoms with E-state index in [2.05, 4.69) is 0 Å². The highest BCUT2D eigenvalue weighted by atomic mass is 16.3. The number of nitrogens with two attached hydrogens (primary N) is 1. The summed E-state index contributed by atoms with van der Waals surface area (Å²) in [7, 11) is 0. The molecule has 0 rings (SSSR count). The van der Waals surface area contributed by atoms with Crippen LogP contribution in [0.2, 0.25) is 0 Å². The van der Waals surface area contributed by atoms with E-state index in [4.69, 9.17) is 16.2 Å². The summed E-state index contributed by atoms with van der Waals surface area (Å²) < 4.78 is 0. The fourth-order valence-corrected chi connectivity index (χ4v) is 0.634. The van der Waals surface area contributed by atoms with Gasteiger partial charge in [-0.1, -0.05) is 0 Å². The summed E-state index contributed by atoms with van der Waals surface area (Å²) in [5.41, 5.74) is 4.71. The van der Waals surface area contributed by atoms with Crippen LogP contribution in [-0.2, 0) is 4.79 Å². The standard InChI is InChI=1S/C6H10N2O2/c1-3(7)5(4(2)9)6(8)10/h7,9H,1-2H3,(H2,8,10)/b5-4-,7-3?. The summed E-state index contributed by atoms with van der Waals surface area (Å²) in [5, 5.41) is 15.8. The van der Waals surface area contributed by atoms with Crippen LogP contribution in [0.15, 0.2) is 11.3 Å². The van der Waals surface area contributed by atoms with Crippen molar-refractivity contribution in [2.45, 2.75) is 13.8 Å². The molecular weight excluding hydrogens is 132 g/mol. The third kappa shape index (κ3) is 1.89. The summed E-state index contributed by atoms with van der Waals surface area (Å²) in [6.45, 7) is 2.71. The van der Waals surface area contributed by atoms with Gasteiger partial charge in [0, 0.05) is 5.71 Å². The predicted octanol–water partition coefficient (Wildman–Crippen LogP) is 0.343. The summed E-state index contributed by atoms with van der Waals surface area (Å²) in [6, 6.07) is 0. The van der Waals surface area contributed by atoms with E-state index in [1.54, 1.807) is 0 Å². The molecule has 0 bridgehead atoms. The van der Waals surface area contributed by atoms with Gasteiger partial charge < -0.3 is 16.2 Å². The Bertz CT molecular complexity index is 186. The van der Waals surface area contributed by atoms with Crippen molar-refractivity contribution in [1.29, 1.82) is 5.41 Å². The van der Waals surface area contributed by atoms with E-state index in [-0.39, 0.29) is 17.0 Å². The number of amides is 1. The summed E-state index contributed by atoms with van der Waals surface area (Å²) >= 11 is 0. The molecule has 0 saturated heterocycles. The Morgan fingerprint density at radius 3 is 1.90 bits per heavy atom. The van der Waals surface area contributed by atoms with Crippen LogP contribution in [0.3, 0.4) is 0 Å². The molecule has 56 valence electrons. The Kier molecular flexibility index (Phi) is 2.61. The lowest BCUT2D eigenvalue weighted by Crippen LogP contribution is -2.20. The highest BCUT2D eigenvalue weighted by Gasteiger charge is 2.10. The number of hydrogen-bond donors (Lipinski definition) is 3. The first-order valence-corrected chi connectivity index (χ1v) is 2.72. The Morgan fingerprint density at radius 1 is 1.50 bits per heavy atom. The van der Waals surface area contributed by atoms with Gasteiger partial charge in [-0.3, -0.25) is 4.79 Å². The van der Waals surface area contributed by atoms with Crippen LogP contribution >= 0.6 is 0 Å². The van der Waals surface area contributed by atoms with Gasteiger partial charge in [0.05, 0.1) is 5.57 Å². The maximum atomic E-state index is 10.4. The smallest absolute Gasteiger partial charge is 0.253 e. The van der Waals surface area contributed by atoms with Crippen LogP contribution < -0.4 is 5.73 Å². The van der Waals surface area contributed by atoms with Crippen molar-refractivity contribution in [3.8, 4) is 0 Å². The lowest BCUT2D eigenvalue weighted by Gasteiger charge is -1.99. The number of carbonyl (C=O) groups is 1. The molecule has 0 saturated carbocycles. The topological polar surface area (TPSA) is 87.2 Å². The molecule has 0 atom stereocenters. The highest BCUT2D eigenvalue weighted by Crippen LogP contribution is 2.00. The van der Waals surface area contributed by atoms with Gasteiger partial charge in [-0.25, -0.2) is 0 Å². The summed E-state index contributed by atoms with van der Waals surface area (Å²) in [6.07, 6.45) is 0. The van der Waals surface area contributed by atoms with Gasteiger partial charge in [0.2, 0.25) is 0 Å². The third-order valence-corrected chi connectivity index (χ3v) is 0.983. The first-order valence-electron chi connectivity index (χ1n) is 2.72. The van der Waals surface area contributed by atoms with E-state index >= 15 is 0 Å². The Hall–Kier alpha value is -1.32. The molecule has 0 fully saturated rings. The van der Waals surface area contributed by atoms with Crippen LogP contribution in [0.1, 0.15) is 13.8 Å². The van der Waals surface area contributed by atoms with Crippen molar-refractivity contribution in [2.75, 3.05) is 0 Å². The predicted molar refractivity (Wildman–Crippen MR) is 37.9 cm³/mol. The minimum absolute atomic E-state index is 0.0208. The van der Waals surface area contributed by atoms with Gasteiger partial charge in [-0.2, -0.15) is 0 Å². The summed E-state index contributed by atoms with van der Waals surface area (Å²) in [5.74, 6) is -0.979. The zero-order chi connectivity index (χ0) is 8.31. The molecule has 0 radical (unpaired) electrons. The Labute approximate surface area is 58.9 Å². The van der Waals surface area contributed by atoms with Crippen LogP contribution in [0, 0.1) is 5.41 Å². The average molecular weight is 142 g/mol. The van der Waals surface area contributed by atoms with Gasteiger partial charge in [0.25, 0.3) is 5.91 Å². The van der Waals surface area contributed by atoms with E-state index in [0.29, 0.717) is 0 Å². The number of aliphatic hydroxyl groups excluding tert-OH is 1. The normalized spacial score (nSPS) is 12.2. The molecule has 0 aliphatic rings. The van der Waals surface area contributed by atoms with Crippen molar-refractivity contribution in [2.24, 2.45) is 5.73 Å². The van der Waals surface area contributed by atoms with E-state index in [9.17, 15) is 4.79 Å². The van der Waals surface area contributed by atoms with Gasteiger partial charge in [0.1, 0.15) is 5.76 Å². The van der Waals surface area contributed by atoms with Crippen molar-refractivity contribution >= 4 is 11.6 Å². The van der Waals surface area contributed by atoms with Gasteiger partial charge in [-0.15, -0.1) is 0 Å². The van der Waals surface area contributed by atoms with Gasteiger partial charge >= 0.3 is 0 Å². The first-order chi connectivity index (χ1) is 4.46. The average Bonchev–Trinajstić information content (AvgIpc) is 1.59. The first kappa shape index (κ1) is 8.68. The molecule has 4 N–H and O–H groups in total. The van der Waals surface area contributed by atoms with Crippen LogP contribution in [0.25, 0.3) is 0 Å². The number of allylic oxidation sites excluding steroid dienone is 1. The largest absolute Gasteiger partial charge is 0.512 e. The summed E-state index contributed by atoms with van der Waals surface area (Å²) in [4.78, 5) is 10.4. The maximum Gasteiger partial charge on any atom is 0.253 e. The second kappa shape index (κ2) is 3.00. The fraction of sp³-hybridized carbons (Fsp3) is 0.333. The van der Waals surface area contributed by atoms with E-state index < -0.39 is 5.91 Å². The highest BCUT2D eigenvalue weighted by molar-refractivity contribution is 6.19. The van der Waals surface area contributed by atoms with Crippen molar-refractivity contribution < 1.29 is 9.90 Å². The molecular formula is C6H10N2O2. The molecule has 1 amide bonds. The molecule has 4 heteroatoms. The molecule has 4 nitrogen and oxygen atoms in total. The molecule has 0 aromatic heterocycles. The number of carbonyl (C=O) groups excluding carboxylic acids is 1. The quantitative estimate of drug-likeness (QED) is 0.295. The number of aliphatic hydroxyl groups is 1. The van der Waals surface area contributed by atoms with Crippen molar-refractivity contribution in [3.63, 3.8) is 0 Å². The molecule has 0 unspecified atom stereocenters. The lowest BCUT2D eigenvalue weighted by molar-refractivity contribution is -0.114. The zero-order valence-corrected chi connectivity index (χ0v) is 5.93. The number of primary amides is 1. The second-order valence-electron chi connectivity index (χ2n) is 1.95. The van der Waals surface area contributed by atoms with Gasteiger partial charge in [0.15, 0.2) is 0 Å². The molecule has 10 heavy (non-hydrogen) atoms. The Balaban J connectivity index is 4.79. The van der Waals surface area contributed by atoms with E-state index in [0.717, 1.165) is 0 Å². The molecule has 0 aromatic rings. The number of hydrogen-bond acceptors (Lipinski definition) is 3. The fourth-order valence-electron chi connectivity index (χ4n) is 0.634. The lowest BCUT2D eigenvalue weighted by atomic mass is 10.1. The van der Waals surface area contributed by atoms with Crippen LogP contribution in [0.5, 0.6) is 0 Å². The molecule has 0 heterocycles. The van der Waals surface area contributed by atoms with E-state index in [1.807, 2.05) is 0 Å². The number of rotatable bonds is 2. The third-order valence-electron chi connectivity index (χ3n) is 0.983. The SMILES string of the molecule is CC(=N)/C(C(N)=O)=C(\C)O. The number of nitrogens with one attached hydrogen (secondary N) is 1. The minimum Gasteiger partial charge on any atom is -0.512 e. The van der Waals surface area contributed by atoms with E-state index in [1.165, 1.54) is 13.8 Å². The second-order valence-corrected chi connectivity index (χ2v) is 1.95. The van der Waals surface area contributed by atoms with Crippen molar-refractivity contribution in [1.82, 2.24) is 0 Å².